The highest BCUT2D eigenvalue weighted by Gasteiger charge is 2.34. The number of ether oxygens (including phenoxy) is 1. The lowest BCUT2D eigenvalue weighted by molar-refractivity contribution is -0.274. The molecule has 0 aliphatic carbocycles. The maximum absolute atomic E-state index is 13.6. The Balaban J connectivity index is 1.87. The van der Waals surface area contributed by atoms with E-state index in [-0.39, 0.29) is 17.0 Å². The van der Waals surface area contributed by atoms with Gasteiger partial charge < -0.3 is 4.74 Å². The zero-order chi connectivity index (χ0) is 22.9. The number of nitrogens with zero attached hydrogens (tertiary/aromatic N) is 1. The van der Waals surface area contributed by atoms with Gasteiger partial charge in [-0.1, -0.05) is 54.6 Å². The van der Waals surface area contributed by atoms with Crippen LogP contribution < -0.4 is 9.04 Å². The van der Waals surface area contributed by atoms with Gasteiger partial charge in [-0.05, 0) is 40.2 Å². The molecule has 4 rings (SSSR count). The summed E-state index contributed by atoms with van der Waals surface area (Å²) in [5.41, 5.74) is 0.0775. The van der Waals surface area contributed by atoms with Crippen molar-refractivity contribution in [2.45, 2.75) is 17.8 Å². The van der Waals surface area contributed by atoms with Gasteiger partial charge in [0, 0.05) is 15.6 Å². The molecule has 0 aliphatic rings. The summed E-state index contributed by atoms with van der Waals surface area (Å²) in [7, 11) is -4.11. The first kappa shape index (κ1) is 22.6. The van der Waals surface area contributed by atoms with Gasteiger partial charge in [-0.15, -0.1) is 24.5 Å². The number of hydrogen-bond acceptors (Lipinski definition) is 4. The molecule has 166 valence electrons. The molecule has 0 fully saturated rings. The molecule has 0 spiro atoms. The number of rotatable bonds is 6. The first-order valence-corrected chi connectivity index (χ1v) is 12.3. The van der Waals surface area contributed by atoms with Crippen molar-refractivity contribution in [1.82, 2.24) is 0 Å². The third kappa shape index (κ3) is 4.62. The van der Waals surface area contributed by atoms with Crippen molar-refractivity contribution < 1.29 is 26.3 Å². The Hall–Kier alpha value is -2.56. The number of benzene rings is 3. The molecule has 0 N–H and O–H groups in total. The van der Waals surface area contributed by atoms with Gasteiger partial charge in [0.1, 0.15) is 10.8 Å². The Morgan fingerprint density at radius 2 is 1.53 bits per heavy atom. The fourth-order valence-corrected chi connectivity index (χ4v) is 6.99. The van der Waals surface area contributed by atoms with E-state index >= 15 is 0 Å². The summed E-state index contributed by atoms with van der Waals surface area (Å²) in [6, 6.07) is 20.6. The third-order valence-electron chi connectivity index (χ3n) is 4.59. The van der Waals surface area contributed by atoms with E-state index in [2.05, 4.69) is 20.7 Å². The van der Waals surface area contributed by atoms with Crippen molar-refractivity contribution in [2.24, 2.45) is 0 Å². The Kier molecular flexibility index (Phi) is 6.19. The predicted molar refractivity (Wildman–Crippen MR) is 122 cm³/mol. The first-order valence-electron chi connectivity index (χ1n) is 9.25. The summed E-state index contributed by atoms with van der Waals surface area (Å²) < 4.78 is 72.6. The molecule has 0 atom stereocenters. The van der Waals surface area contributed by atoms with Crippen molar-refractivity contribution in [3.63, 3.8) is 0 Å². The minimum atomic E-state index is -4.91. The number of hydrogen-bond donors (Lipinski definition) is 0. The van der Waals surface area contributed by atoms with Gasteiger partial charge >= 0.3 is 6.36 Å². The summed E-state index contributed by atoms with van der Waals surface area (Å²) in [6.45, 7) is -0.352. The van der Waals surface area contributed by atoms with Crippen molar-refractivity contribution in [3.8, 4) is 5.75 Å². The summed E-state index contributed by atoms with van der Waals surface area (Å²) in [4.78, 5) is 0.0265. The van der Waals surface area contributed by atoms with Gasteiger partial charge in [-0.25, -0.2) is 8.42 Å². The highest BCUT2D eigenvalue weighted by molar-refractivity contribution is 9.10. The minimum Gasteiger partial charge on any atom is -0.405 e. The number of alkyl halides is 3. The smallest absolute Gasteiger partial charge is 0.405 e. The van der Waals surface area contributed by atoms with Crippen LogP contribution >= 0.6 is 27.3 Å². The fraction of sp³-hybridized carbons (Fsp3) is 0.0909. The second kappa shape index (κ2) is 8.76. The van der Waals surface area contributed by atoms with Crippen LogP contribution in [0.4, 0.5) is 18.2 Å². The highest BCUT2D eigenvalue weighted by atomic mass is 79.9. The maximum atomic E-state index is 13.6. The Morgan fingerprint density at radius 1 is 0.906 bits per heavy atom. The zero-order valence-electron chi connectivity index (χ0n) is 16.2. The van der Waals surface area contributed by atoms with Crippen LogP contribution in [0.2, 0.25) is 0 Å². The fourth-order valence-electron chi connectivity index (χ4n) is 3.16. The third-order valence-corrected chi connectivity index (χ3v) is 8.72. The molecule has 0 radical (unpaired) electrons. The van der Waals surface area contributed by atoms with E-state index in [1.165, 1.54) is 41.7 Å². The summed E-state index contributed by atoms with van der Waals surface area (Å²) in [5.74, 6) is -0.453. The molecule has 4 aromatic rings. The van der Waals surface area contributed by atoms with E-state index in [0.717, 1.165) is 20.5 Å². The standard InChI is InChI=1S/C22H15BrF3NO3S2/c23-20-17-11-5-7-13-19(17)31-21(20)27(32(28,29)16-9-2-1-3-10-16)14-15-8-4-6-12-18(15)30-22(24,25)26/h1-13H,14H2. The molecule has 3 aromatic carbocycles. The second-order valence-electron chi connectivity index (χ2n) is 6.70. The molecule has 0 bridgehead atoms. The number of thiophene rings is 1. The van der Waals surface area contributed by atoms with Crippen LogP contribution in [-0.4, -0.2) is 14.8 Å². The SMILES string of the molecule is O=S(=O)(c1ccccc1)N(Cc1ccccc1OC(F)(F)F)c1sc2ccccc2c1Br. The average Bonchev–Trinajstić information content (AvgIpc) is 3.09. The van der Waals surface area contributed by atoms with Crippen LogP contribution in [0.15, 0.2) is 88.2 Å². The number of halogens is 4. The molecule has 1 aromatic heterocycles. The zero-order valence-corrected chi connectivity index (χ0v) is 19.4. The number of sulfonamides is 1. The molecule has 1 heterocycles. The Bertz CT molecular complexity index is 1360. The summed E-state index contributed by atoms with van der Waals surface area (Å²) in [5, 5.41) is 1.16. The van der Waals surface area contributed by atoms with Crippen LogP contribution in [0, 0.1) is 0 Å². The molecule has 32 heavy (non-hydrogen) atoms. The molecule has 0 amide bonds. The van der Waals surface area contributed by atoms with Crippen LogP contribution in [0.25, 0.3) is 10.1 Å². The van der Waals surface area contributed by atoms with Gasteiger partial charge in [-0.3, -0.25) is 4.31 Å². The van der Waals surface area contributed by atoms with Crippen molar-refractivity contribution in [3.05, 3.63) is 88.9 Å². The Morgan fingerprint density at radius 3 is 2.22 bits per heavy atom. The van der Waals surface area contributed by atoms with E-state index in [9.17, 15) is 21.6 Å². The maximum Gasteiger partial charge on any atom is 0.573 e. The normalized spacial score (nSPS) is 12.1. The van der Waals surface area contributed by atoms with E-state index in [1.807, 2.05) is 24.3 Å². The van der Waals surface area contributed by atoms with E-state index in [1.54, 1.807) is 18.2 Å². The largest absolute Gasteiger partial charge is 0.573 e. The van der Waals surface area contributed by atoms with Crippen LogP contribution in [-0.2, 0) is 16.6 Å². The van der Waals surface area contributed by atoms with Crippen molar-refractivity contribution in [1.29, 1.82) is 0 Å². The number of anilines is 1. The second-order valence-corrected chi connectivity index (χ2v) is 10.4. The number of fused-ring (bicyclic) bond motifs is 1. The van der Waals surface area contributed by atoms with Gasteiger partial charge in [0.25, 0.3) is 10.0 Å². The topological polar surface area (TPSA) is 46.6 Å². The molecule has 0 unspecified atom stereocenters. The van der Waals surface area contributed by atoms with Gasteiger partial charge in [0.15, 0.2) is 0 Å². The van der Waals surface area contributed by atoms with E-state index in [0.29, 0.717) is 9.47 Å². The Labute approximate surface area is 195 Å². The summed E-state index contributed by atoms with van der Waals surface area (Å²) in [6.07, 6.45) is -4.91. The molecule has 4 nitrogen and oxygen atoms in total. The lowest BCUT2D eigenvalue weighted by atomic mass is 10.2. The van der Waals surface area contributed by atoms with Crippen molar-refractivity contribution in [2.75, 3.05) is 4.31 Å². The lowest BCUT2D eigenvalue weighted by Crippen LogP contribution is -2.30. The molecular weight excluding hydrogens is 527 g/mol. The van der Waals surface area contributed by atoms with Crippen LogP contribution in [0.5, 0.6) is 5.75 Å². The van der Waals surface area contributed by atoms with Crippen LogP contribution in [0.3, 0.4) is 0 Å². The minimum absolute atomic E-state index is 0.0265. The van der Waals surface area contributed by atoms with Gasteiger partial charge in [0.2, 0.25) is 0 Å². The van der Waals surface area contributed by atoms with E-state index in [4.69, 9.17) is 0 Å². The predicted octanol–water partition coefficient (Wildman–Crippen LogP) is 6.96. The number of para-hydroxylation sites is 1. The average molecular weight is 542 g/mol. The molecule has 0 saturated heterocycles. The monoisotopic (exact) mass is 541 g/mol. The van der Waals surface area contributed by atoms with Gasteiger partial charge in [-0.2, -0.15) is 0 Å². The molecule has 0 aliphatic heterocycles. The van der Waals surface area contributed by atoms with Gasteiger partial charge in [0.05, 0.1) is 15.9 Å². The van der Waals surface area contributed by atoms with Crippen molar-refractivity contribution >= 4 is 52.4 Å². The molecule has 0 saturated carbocycles. The first-order chi connectivity index (χ1) is 15.2. The molecule has 10 heteroatoms. The van der Waals surface area contributed by atoms with E-state index < -0.39 is 22.1 Å². The summed E-state index contributed by atoms with van der Waals surface area (Å²) >= 11 is 4.72. The lowest BCUT2D eigenvalue weighted by Gasteiger charge is -2.25. The van der Waals surface area contributed by atoms with Crippen LogP contribution in [0.1, 0.15) is 5.56 Å². The quantitative estimate of drug-likeness (QED) is 0.265. The molecular formula is C22H15BrF3NO3S2. The highest BCUT2D eigenvalue weighted by Crippen LogP contribution is 2.45.